The molecule has 19 heavy (non-hydrogen) atoms. The van der Waals surface area contributed by atoms with Crippen molar-refractivity contribution in [2.24, 2.45) is 11.1 Å². The van der Waals surface area contributed by atoms with E-state index in [4.69, 9.17) is 10.5 Å². The Kier molecular flexibility index (Phi) is 5.82. The molecule has 1 aromatic carbocycles. The molecule has 4 nitrogen and oxygen atoms in total. The summed E-state index contributed by atoms with van der Waals surface area (Å²) >= 11 is 3.37. The summed E-state index contributed by atoms with van der Waals surface area (Å²) in [7, 11) is 0. The highest BCUT2D eigenvalue weighted by molar-refractivity contribution is 9.10. The molecule has 0 aliphatic heterocycles. The number of benzene rings is 1. The number of halogens is 1. The summed E-state index contributed by atoms with van der Waals surface area (Å²) in [6.07, 6.45) is 0. The number of hydrogen-bond acceptors (Lipinski definition) is 3. The molecular formula is C14H21BrN2O2. The summed E-state index contributed by atoms with van der Waals surface area (Å²) in [4.78, 5) is 11.8. The number of carbonyl (C=O) groups excluding carboxylic acids is 1. The molecule has 0 aliphatic carbocycles. The van der Waals surface area contributed by atoms with Crippen LogP contribution < -0.4 is 15.8 Å². The van der Waals surface area contributed by atoms with Gasteiger partial charge in [-0.05, 0) is 23.6 Å². The fourth-order valence-corrected chi connectivity index (χ4v) is 1.78. The molecule has 0 saturated heterocycles. The van der Waals surface area contributed by atoms with Crippen LogP contribution >= 0.6 is 15.9 Å². The summed E-state index contributed by atoms with van der Waals surface area (Å²) in [6.45, 7) is 6.67. The smallest absolute Gasteiger partial charge is 0.237 e. The van der Waals surface area contributed by atoms with Gasteiger partial charge < -0.3 is 15.8 Å². The fraction of sp³-hybridized carbons (Fsp3) is 0.500. The Morgan fingerprint density at radius 2 is 2.16 bits per heavy atom. The van der Waals surface area contributed by atoms with Gasteiger partial charge in [0.1, 0.15) is 12.4 Å². The van der Waals surface area contributed by atoms with Crippen LogP contribution in [0.5, 0.6) is 5.75 Å². The second kappa shape index (κ2) is 6.91. The van der Waals surface area contributed by atoms with Gasteiger partial charge in [0.05, 0.1) is 12.6 Å². The number of nitrogens with two attached hydrogens (primary N) is 1. The van der Waals surface area contributed by atoms with Crippen LogP contribution in [0.4, 0.5) is 0 Å². The normalized spacial score (nSPS) is 12.9. The summed E-state index contributed by atoms with van der Waals surface area (Å²) in [5.41, 5.74) is 5.61. The summed E-state index contributed by atoms with van der Waals surface area (Å²) in [5.74, 6) is 0.620. The molecule has 0 bridgehead atoms. The molecule has 0 spiro atoms. The highest BCUT2D eigenvalue weighted by atomic mass is 79.9. The van der Waals surface area contributed by atoms with Crippen molar-refractivity contribution >= 4 is 21.8 Å². The van der Waals surface area contributed by atoms with Crippen LogP contribution in [-0.4, -0.2) is 25.1 Å². The molecule has 1 rings (SSSR count). The minimum Gasteiger partial charge on any atom is -0.492 e. The van der Waals surface area contributed by atoms with Gasteiger partial charge in [-0.25, -0.2) is 0 Å². The van der Waals surface area contributed by atoms with Crippen molar-refractivity contribution in [2.45, 2.75) is 26.8 Å². The minimum atomic E-state index is -0.515. The summed E-state index contributed by atoms with van der Waals surface area (Å²) in [6, 6.07) is 7.05. The molecule has 3 N–H and O–H groups in total. The first-order valence-corrected chi connectivity index (χ1v) is 7.01. The maximum absolute atomic E-state index is 11.8. The third-order valence-electron chi connectivity index (χ3n) is 2.68. The lowest BCUT2D eigenvalue weighted by Gasteiger charge is -2.25. The monoisotopic (exact) mass is 328 g/mol. The van der Waals surface area contributed by atoms with E-state index in [0.29, 0.717) is 13.2 Å². The van der Waals surface area contributed by atoms with Gasteiger partial charge in [0.2, 0.25) is 5.91 Å². The van der Waals surface area contributed by atoms with E-state index in [0.717, 1.165) is 10.2 Å². The molecule has 106 valence electrons. The zero-order chi connectivity index (χ0) is 14.5. The second-order valence-corrected chi connectivity index (χ2v) is 6.36. The Morgan fingerprint density at radius 1 is 1.47 bits per heavy atom. The van der Waals surface area contributed by atoms with Crippen molar-refractivity contribution in [2.75, 3.05) is 13.2 Å². The molecule has 1 aromatic rings. The Bertz CT molecular complexity index is 430. The average Bonchev–Trinajstić information content (AvgIpc) is 2.32. The lowest BCUT2D eigenvalue weighted by molar-refractivity contribution is -0.124. The summed E-state index contributed by atoms with van der Waals surface area (Å²) in [5, 5.41) is 2.77. The number of amides is 1. The molecule has 5 heteroatoms. The van der Waals surface area contributed by atoms with Crippen molar-refractivity contribution in [3.8, 4) is 5.75 Å². The van der Waals surface area contributed by atoms with Gasteiger partial charge in [0.15, 0.2) is 0 Å². The standard InChI is InChI=1S/C14H21BrN2O2/c1-14(2,3)12(16)13(18)17-7-8-19-11-6-4-5-10(15)9-11/h4-6,9,12H,7-8,16H2,1-3H3,(H,17,18)/t12-/m1/s1. The van der Waals surface area contributed by atoms with E-state index in [1.54, 1.807) is 0 Å². The lowest BCUT2D eigenvalue weighted by Crippen LogP contribution is -2.49. The van der Waals surface area contributed by atoms with Crippen molar-refractivity contribution in [1.82, 2.24) is 5.32 Å². The first-order valence-electron chi connectivity index (χ1n) is 6.22. The Morgan fingerprint density at radius 3 is 2.74 bits per heavy atom. The van der Waals surface area contributed by atoms with E-state index in [1.165, 1.54) is 0 Å². The van der Waals surface area contributed by atoms with Crippen LogP contribution in [0.2, 0.25) is 0 Å². The quantitative estimate of drug-likeness (QED) is 0.815. The second-order valence-electron chi connectivity index (χ2n) is 5.44. The van der Waals surface area contributed by atoms with E-state index in [-0.39, 0.29) is 11.3 Å². The van der Waals surface area contributed by atoms with Crippen molar-refractivity contribution < 1.29 is 9.53 Å². The van der Waals surface area contributed by atoms with Gasteiger partial charge in [0.25, 0.3) is 0 Å². The minimum absolute atomic E-state index is 0.148. The average molecular weight is 329 g/mol. The number of ether oxygens (including phenoxy) is 1. The summed E-state index contributed by atoms with van der Waals surface area (Å²) < 4.78 is 6.48. The molecule has 1 atom stereocenters. The van der Waals surface area contributed by atoms with Crippen LogP contribution in [0.25, 0.3) is 0 Å². The largest absolute Gasteiger partial charge is 0.492 e. The molecule has 0 fully saturated rings. The highest BCUT2D eigenvalue weighted by Crippen LogP contribution is 2.18. The number of carbonyl (C=O) groups is 1. The predicted molar refractivity (Wildman–Crippen MR) is 80.1 cm³/mol. The molecule has 0 aromatic heterocycles. The van der Waals surface area contributed by atoms with Gasteiger partial charge >= 0.3 is 0 Å². The van der Waals surface area contributed by atoms with Gasteiger partial charge in [-0.1, -0.05) is 42.8 Å². The van der Waals surface area contributed by atoms with Gasteiger partial charge in [-0.15, -0.1) is 0 Å². The van der Waals surface area contributed by atoms with Crippen LogP contribution in [0, 0.1) is 5.41 Å². The molecule has 0 unspecified atom stereocenters. The van der Waals surface area contributed by atoms with E-state index in [2.05, 4.69) is 21.2 Å². The SMILES string of the molecule is CC(C)(C)[C@H](N)C(=O)NCCOc1cccc(Br)c1. The fourth-order valence-electron chi connectivity index (χ4n) is 1.40. The number of rotatable bonds is 5. The number of hydrogen-bond donors (Lipinski definition) is 2. The molecule has 0 saturated carbocycles. The molecular weight excluding hydrogens is 308 g/mol. The Labute approximate surface area is 122 Å². The highest BCUT2D eigenvalue weighted by Gasteiger charge is 2.26. The van der Waals surface area contributed by atoms with Crippen LogP contribution in [0.1, 0.15) is 20.8 Å². The first kappa shape index (κ1) is 16.0. The van der Waals surface area contributed by atoms with E-state index >= 15 is 0 Å². The van der Waals surface area contributed by atoms with Crippen molar-refractivity contribution in [3.05, 3.63) is 28.7 Å². The van der Waals surface area contributed by atoms with Gasteiger partial charge in [0, 0.05) is 4.47 Å². The first-order chi connectivity index (χ1) is 8.80. The predicted octanol–water partition coefficient (Wildman–Crippen LogP) is 2.32. The third kappa shape index (κ3) is 5.61. The van der Waals surface area contributed by atoms with E-state index in [9.17, 15) is 4.79 Å². The van der Waals surface area contributed by atoms with Crippen LogP contribution in [0.15, 0.2) is 28.7 Å². The zero-order valence-electron chi connectivity index (χ0n) is 11.6. The Balaban J connectivity index is 2.30. The van der Waals surface area contributed by atoms with Gasteiger partial charge in [-0.3, -0.25) is 4.79 Å². The van der Waals surface area contributed by atoms with Crippen molar-refractivity contribution in [1.29, 1.82) is 0 Å². The maximum Gasteiger partial charge on any atom is 0.237 e. The lowest BCUT2D eigenvalue weighted by atomic mass is 9.87. The number of nitrogens with one attached hydrogen (secondary N) is 1. The Hall–Kier alpha value is -1.07. The molecule has 0 radical (unpaired) electrons. The maximum atomic E-state index is 11.8. The third-order valence-corrected chi connectivity index (χ3v) is 3.17. The molecule has 1 amide bonds. The van der Waals surface area contributed by atoms with E-state index in [1.807, 2.05) is 45.0 Å². The van der Waals surface area contributed by atoms with Crippen LogP contribution in [-0.2, 0) is 4.79 Å². The van der Waals surface area contributed by atoms with Crippen molar-refractivity contribution in [3.63, 3.8) is 0 Å². The van der Waals surface area contributed by atoms with Gasteiger partial charge in [-0.2, -0.15) is 0 Å². The zero-order valence-corrected chi connectivity index (χ0v) is 13.2. The topological polar surface area (TPSA) is 64.4 Å². The molecule has 0 heterocycles. The molecule has 0 aliphatic rings. The van der Waals surface area contributed by atoms with Crippen LogP contribution in [0.3, 0.4) is 0 Å². The van der Waals surface area contributed by atoms with E-state index < -0.39 is 6.04 Å².